The van der Waals surface area contributed by atoms with Gasteiger partial charge in [-0.05, 0) is 37.1 Å². The second-order valence-electron chi connectivity index (χ2n) is 5.33. The largest absolute Gasteiger partial charge is 0.346 e. The minimum Gasteiger partial charge on any atom is -0.346 e. The molecule has 0 spiro atoms. The fraction of sp³-hybridized carbons (Fsp3) is 0.294. The zero-order chi connectivity index (χ0) is 15.0. The van der Waals surface area contributed by atoms with Gasteiger partial charge in [0.15, 0.2) is 5.82 Å². The third kappa shape index (κ3) is 2.37. The van der Waals surface area contributed by atoms with Crippen LogP contribution in [0.4, 0.5) is 11.5 Å². The van der Waals surface area contributed by atoms with E-state index in [1.165, 1.54) is 5.56 Å². The van der Waals surface area contributed by atoms with Crippen molar-refractivity contribution in [2.24, 2.45) is 7.05 Å². The molecular weight excluding hydrogens is 260 g/mol. The molecular formula is C17H20N4. The highest BCUT2D eigenvalue weighted by molar-refractivity contribution is 5.89. The first-order valence-electron chi connectivity index (χ1n) is 7.22. The summed E-state index contributed by atoms with van der Waals surface area (Å²) >= 11 is 0. The number of fused-ring (bicyclic) bond motifs is 1. The van der Waals surface area contributed by atoms with E-state index < -0.39 is 0 Å². The van der Waals surface area contributed by atoms with Crippen LogP contribution < -0.4 is 4.90 Å². The summed E-state index contributed by atoms with van der Waals surface area (Å²) in [5.41, 5.74) is 4.52. The van der Waals surface area contributed by atoms with Crippen LogP contribution >= 0.6 is 0 Å². The molecule has 0 aliphatic rings. The molecule has 0 saturated carbocycles. The monoisotopic (exact) mass is 280 g/mol. The van der Waals surface area contributed by atoms with Crippen LogP contribution in [-0.2, 0) is 13.5 Å². The zero-order valence-corrected chi connectivity index (χ0v) is 13.0. The van der Waals surface area contributed by atoms with Gasteiger partial charge in [-0.2, -0.15) is 0 Å². The van der Waals surface area contributed by atoms with Crippen molar-refractivity contribution in [3.05, 3.63) is 47.9 Å². The first-order chi connectivity index (χ1) is 10.1. The van der Waals surface area contributed by atoms with Crippen molar-refractivity contribution >= 4 is 22.5 Å². The molecule has 0 unspecified atom stereocenters. The van der Waals surface area contributed by atoms with E-state index in [1.54, 1.807) is 0 Å². The smallest absolute Gasteiger partial charge is 0.161 e. The van der Waals surface area contributed by atoms with Gasteiger partial charge in [0.25, 0.3) is 0 Å². The van der Waals surface area contributed by atoms with Crippen molar-refractivity contribution in [1.82, 2.24) is 14.5 Å². The normalized spacial score (nSPS) is 11.0. The fourth-order valence-corrected chi connectivity index (χ4v) is 2.60. The summed E-state index contributed by atoms with van der Waals surface area (Å²) in [5.74, 6) is 1.73. The fourth-order valence-electron chi connectivity index (χ4n) is 2.60. The summed E-state index contributed by atoms with van der Waals surface area (Å²) in [6, 6.07) is 10.7. The maximum atomic E-state index is 4.65. The molecule has 2 aromatic heterocycles. The van der Waals surface area contributed by atoms with Gasteiger partial charge in [-0.3, -0.25) is 0 Å². The minimum absolute atomic E-state index is 0.792. The maximum absolute atomic E-state index is 4.65. The molecule has 4 heteroatoms. The molecule has 0 saturated heterocycles. The molecule has 3 aromatic rings. The Balaban J connectivity index is 2.11. The topological polar surface area (TPSA) is 34.0 Å². The number of aromatic nitrogens is 3. The molecule has 2 heterocycles. The molecule has 21 heavy (non-hydrogen) atoms. The van der Waals surface area contributed by atoms with E-state index in [4.69, 9.17) is 0 Å². The second-order valence-corrected chi connectivity index (χ2v) is 5.33. The molecule has 0 N–H and O–H groups in total. The Bertz CT molecular complexity index is 771. The highest BCUT2D eigenvalue weighted by Crippen LogP contribution is 2.29. The Hall–Kier alpha value is -2.36. The molecule has 0 atom stereocenters. The van der Waals surface area contributed by atoms with Crippen LogP contribution in [0.15, 0.2) is 36.5 Å². The van der Waals surface area contributed by atoms with Gasteiger partial charge < -0.3 is 9.47 Å². The number of hydrogen-bond donors (Lipinski definition) is 0. The van der Waals surface area contributed by atoms with Gasteiger partial charge in [-0.1, -0.05) is 19.1 Å². The summed E-state index contributed by atoms with van der Waals surface area (Å²) < 4.78 is 2.07. The van der Waals surface area contributed by atoms with E-state index in [9.17, 15) is 0 Å². The lowest BCUT2D eigenvalue weighted by molar-refractivity contribution is 0.948. The van der Waals surface area contributed by atoms with Crippen LogP contribution in [0.25, 0.3) is 11.0 Å². The summed E-state index contributed by atoms with van der Waals surface area (Å²) in [6.07, 6.45) is 3.08. The van der Waals surface area contributed by atoms with Gasteiger partial charge in [0.2, 0.25) is 0 Å². The summed E-state index contributed by atoms with van der Waals surface area (Å²) in [7, 11) is 4.08. The van der Waals surface area contributed by atoms with E-state index in [-0.39, 0.29) is 0 Å². The minimum atomic E-state index is 0.792. The van der Waals surface area contributed by atoms with Crippen molar-refractivity contribution in [3.63, 3.8) is 0 Å². The molecule has 1 aromatic carbocycles. The summed E-state index contributed by atoms with van der Waals surface area (Å²) in [4.78, 5) is 11.3. The predicted octanol–water partition coefficient (Wildman–Crippen LogP) is 3.61. The Morgan fingerprint density at radius 1 is 1.10 bits per heavy atom. The standard InChI is InChI=1S/C17H20N4/c1-5-13-6-8-14(9-7-13)21(4)17-16-15(10-11-20(16)3)18-12(2)19-17/h6-11H,5H2,1-4H3. The van der Waals surface area contributed by atoms with E-state index >= 15 is 0 Å². The van der Waals surface area contributed by atoms with E-state index in [0.717, 1.165) is 34.8 Å². The van der Waals surface area contributed by atoms with Crippen LogP contribution in [0.2, 0.25) is 0 Å². The molecule has 0 aliphatic heterocycles. The van der Waals surface area contributed by atoms with Crippen LogP contribution in [-0.4, -0.2) is 21.6 Å². The van der Waals surface area contributed by atoms with Gasteiger partial charge in [-0.15, -0.1) is 0 Å². The number of benzene rings is 1. The Morgan fingerprint density at radius 3 is 2.48 bits per heavy atom. The van der Waals surface area contributed by atoms with E-state index in [1.807, 2.05) is 26.2 Å². The van der Waals surface area contributed by atoms with Crippen molar-refractivity contribution < 1.29 is 0 Å². The van der Waals surface area contributed by atoms with Crippen LogP contribution in [0.3, 0.4) is 0 Å². The first kappa shape index (κ1) is 13.6. The number of anilines is 2. The average Bonchev–Trinajstić information content (AvgIpc) is 2.87. The van der Waals surface area contributed by atoms with Gasteiger partial charge >= 0.3 is 0 Å². The predicted molar refractivity (Wildman–Crippen MR) is 87.1 cm³/mol. The Labute approximate surface area is 125 Å². The SMILES string of the molecule is CCc1ccc(N(C)c2nc(C)nc3ccn(C)c23)cc1. The van der Waals surface area contributed by atoms with Crippen molar-refractivity contribution in [1.29, 1.82) is 0 Å². The average molecular weight is 280 g/mol. The van der Waals surface area contributed by atoms with Gasteiger partial charge in [0, 0.05) is 26.0 Å². The van der Waals surface area contributed by atoms with Crippen LogP contribution in [0.5, 0.6) is 0 Å². The molecule has 4 nitrogen and oxygen atoms in total. The van der Waals surface area contributed by atoms with Gasteiger partial charge in [-0.25, -0.2) is 9.97 Å². The molecule has 3 rings (SSSR count). The highest BCUT2D eigenvalue weighted by atomic mass is 15.2. The van der Waals surface area contributed by atoms with Gasteiger partial charge in [0.05, 0.1) is 5.52 Å². The summed E-state index contributed by atoms with van der Waals surface area (Å²) in [6.45, 7) is 4.10. The lowest BCUT2D eigenvalue weighted by Crippen LogP contribution is -2.13. The first-order valence-corrected chi connectivity index (χ1v) is 7.22. The molecule has 108 valence electrons. The number of hydrogen-bond acceptors (Lipinski definition) is 3. The molecule has 0 radical (unpaired) electrons. The second kappa shape index (κ2) is 5.20. The van der Waals surface area contributed by atoms with Crippen LogP contribution in [0, 0.1) is 6.92 Å². The Morgan fingerprint density at radius 2 is 1.81 bits per heavy atom. The molecule has 0 amide bonds. The number of nitrogens with zero attached hydrogens (tertiary/aromatic N) is 4. The number of rotatable bonds is 3. The molecule has 0 aliphatic carbocycles. The molecule has 0 bridgehead atoms. The lowest BCUT2D eigenvalue weighted by atomic mass is 10.1. The third-order valence-corrected chi connectivity index (χ3v) is 3.86. The maximum Gasteiger partial charge on any atom is 0.161 e. The Kier molecular flexibility index (Phi) is 3.37. The lowest BCUT2D eigenvalue weighted by Gasteiger charge is -2.20. The number of aryl methyl sites for hydroxylation is 3. The van der Waals surface area contributed by atoms with Gasteiger partial charge in [0.1, 0.15) is 11.3 Å². The van der Waals surface area contributed by atoms with Crippen molar-refractivity contribution in [2.45, 2.75) is 20.3 Å². The quantitative estimate of drug-likeness (QED) is 0.735. The van der Waals surface area contributed by atoms with E-state index in [0.29, 0.717) is 0 Å². The summed E-state index contributed by atoms with van der Waals surface area (Å²) in [5, 5.41) is 0. The third-order valence-electron chi connectivity index (χ3n) is 3.86. The highest BCUT2D eigenvalue weighted by Gasteiger charge is 2.14. The van der Waals surface area contributed by atoms with Crippen molar-refractivity contribution in [3.8, 4) is 0 Å². The molecule has 0 fully saturated rings. The van der Waals surface area contributed by atoms with Crippen LogP contribution in [0.1, 0.15) is 18.3 Å². The van der Waals surface area contributed by atoms with Crippen molar-refractivity contribution in [2.75, 3.05) is 11.9 Å². The van der Waals surface area contributed by atoms with E-state index in [2.05, 4.69) is 57.7 Å². The zero-order valence-electron chi connectivity index (χ0n) is 13.0.